The van der Waals surface area contributed by atoms with Gasteiger partial charge in [-0.1, -0.05) is 12.1 Å². The summed E-state index contributed by atoms with van der Waals surface area (Å²) in [6.07, 6.45) is 0.277. The molecule has 0 N–H and O–H groups in total. The molecule has 4 rings (SSSR count). The largest absolute Gasteiger partial charge is 0.755 e. The van der Waals surface area contributed by atoms with Crippen LogP contribution in [0.4, 0.5) is 5.69 Å². The van der Waals surface area contributed by atoms with E-state index in [0.29, 0.717) is 34.9 Å². The van der Waals surface area contributed by atoms with Crippen LogP contribution in [0.2, 0.25) is 0 Å². The number of carbonyl (C=O) groups excluding carboxylic acids is 2. The van der Waals surface area contributed by atoms with Crippen LogP contribution in [0.3, 0.4) is 0 Å². The number of likely N-dealkylation sites (tertiary alicyclic amines) is 1. The number of benzene rings is 3. The number of rotatable bonds is 9. The van der Waals surface area contributed by atoms with E-state index >= 15 is 0 Å². The van der Waals surface area contributed by atoms with Crippen LogP contribution < -0.4 is 13.8 Å². The molecular formula is C26H24N3O7S-. The van der Waals surface area contributed by atoms with Gasteiger partial charge in [-0.3, -0.25) is 13.3 Å². The van der Waals surface area contributed by atoms with E-state index < -0.39 is 23.3 Å². The maximum absolute atomic E-state index is 13.4. The van der Waals surface area contributed by atoms with Crippen LogP contribution in [0.5, 0.6) is 11.5 Å². The molecule has 1 heterocycles. The van der Waals surface area contributed by atoms with Gasteiger partial charge in [-0.2, -0.15) is 5.26 Å². The van der Waals surface area contributed by atoms with Crippen molar-refractivity contribution in [2.24, 2.45) is 0 Å². The number of hydrogen-bond donors (Lipinski definition) is 0. The van der Waals surface area contributed by atoms with Gasteiger partial charge in [0.15, 0.2) is 6.61 Å². The maximum atomic E-state index is 13.4. The smallest absolute Gasteiger partial charge is 0.343 e. The topological polar surface area (TPSA) is 132 Å². The monoisotopic (exact) mass is 522 g/mol. The summed E-state index contributed by atoms with van der Waals surface area (Å²) in [6.45, 7) is 0.0447. The van der Waals surface area contributed by atoms with E-state index in [0.717, 1.165) is 15.1 Å². The number of hydrogen-bond acceptors (Lipinski definition) is 8. The lowest BCUT2D eigenvalue weighted by Crippen LogP contribution is -2.42. The van der Waals surface area contributed by atoms with Crippen LogP contribution >= 0.6 is 0 Å². The number of anilines is 1. The summed E-state index contributed by atoms with van der Waals surface area (Å²) >= 11 is -2.71. The van der Waals surface area contributed by atoms with Crippen LogP contribution in [0.1, 0.15) is 17.5 Å². The lowest BCUT2D eigenvalue weighted by atomic mass is 10.1. The second-order valence-electron chi connectivity index (χ2n) is 8.30. The molecular weight excluding hydrogens is 498 g/mol. The molecule has 2 atom stereocenters. The van der Waals surface area contributed by atoms with Gasteiger partial charge in [0, 0.05) is 35.6 Å². The molecule has 3 aromatic rings. The standard InChI is InChI=1S/C26H25N3O7S/c1-34-22-7-5-18-4-6-21(12-19(18)13-22)29(37(32)33)23-9-10-28(26(23)31)15-20-11-17(14-27)3-8-24(20)36-16-25(30)35-2/h3-8,11-13,23H,9-10,15-16H2,1-2H3,(H,32,33)/p-1. The SMILES string of the molecule is COC(=O)COc1ccc(C#N)cc1CN1CCC(N(c2ccc3ccc(OC)cc3c2)S(=O)[O-])C1=O. The minimum atomic E-state index is -2.71. The molecule has 1 aliphatic heterocycles. The Labute approximate surface area is 216 Å². The molecule has 3 aromatic carbocycles. The highest BCUT2D eigenvalue weighted by atomic mass is 32.2. The third-order valence-corrected chi connectivity index (χ3v) is 6.91. The molecule has 0 spiro atoms. The minimum absolute atomic E-state index is 0.0790. The summed E-state index contributed by atoms with van der Waals surface area (Å²) in [7, 11) is 2.79. The summed E-state index contributed by atoms with van der Waals surface area (Å²) in [6, 6.07) is 16.4. The predicted octanol–water partition coefficient (Wildman–Crippen LogP) is 2.67. The first kappa shape index (κ1) is 25.9. The normalized spacial score (nSPS) is 15.8. The average molecular weight is 523 g/mol. The van der Waals surface area contributed by atoms with Crippen molar-refractivity contribution >= 4 is 39.6 Å². The van der Waals surface area contributed by atoms with Gasteiger partial charge >= 0.3 is 5.97 Å². The summed E-state index contributed by atoms with van der Waals surface area (Å²) in [5.74, 6) is 0.00572. The highest BCUT2D eigenvalue weighted by molar-refractivity contribution is 7.80. The number of fused-ring (bicyclic) bond motifs is 1. The van der Waals surface area contributed by atoms with Crippen molar-refractivity contribution in [3.8, 4) is 17.6 Å². The average Bonchev–Trinajstić information content (AvgIpc) is 3.26. The Balaban J connectivity index is 1.58. The summed E-state index contributed by atoms with van der Waals surface area (Å²) in [5.41, 5.74) is 1.24. The summed E-state index contributed by atoms with van der Waals surface area (Å²) < 4.78 is 41.1. The molecule has 1 aliphatic rings. The van der Waals surface area contributed by atoms with E-state index in [9.17, 15) is 23.6 Å². The first-order valence-electron chi connectivity index (χ1n) is 11.3. The van der Waals surface area contributed by atoms with Crippen molar-refractivity contribution in [3.05, 3.63) is 65.7 Å². The zero-order valence-corrected chi connectivity index (χ0v) is 21.0. The summed E-state index contributed by atoms with van der Waals surface area (Å²) in [4.78, 5) is 26.4. The fourth-order valence-electron chi connectivity index (χ4n) is 4.26. The molecule has 11 heteroatoms. The van der Waals surface area contributed by atoms with Crippen LogP contribution in [0, 0.1) is 11.3 Å². The van der Waals surface area contributed by atoms with E-state index in [-0.39, 0.29) is 25.5 Å². The van der Waals surface area contributed by atoms with Gasteiger partial charge in [0.2, 0.25) is 5.91 Å². The van der Waals surface area contributed by atoms with Gasteiger partial charge in [-0.05, 0) is 59.7 Å². The lowest BCUT2D eigenvalue weighted by molar-refractivity contribution is -0.143. The fraction of sp³-hybridized carbons (Fsp3) is 0.269. The minimum Gasteiger partial charge on any atom is -0.755 e. The Hall–Kier alpha value is -4.14. The number of esters is 1. The molecule has 37 heavy (non-hydrogen) atoms. The van der Waals surface area contributed by atoms with Gasteiger partial charge in [-0.15, -0.1) is 0 Å². The molecule has 0 aliphatic carbocycles. The predicted molar refractivity (Wildman–Crippen MR) is 134 cm³/mol. The van der Waals surface area contributed by atoms with Crippen LogP contribution in [-0.4, -0.2) is 59.0 Å². The number of nitriles is 1. The van der Waals surface area contributed by atoms with E-state index in [4.69, 9.17) is 9.47 Å². The quantitative estimate of drug-likeness (QED) is 0.310. The Bertz CT molecular complexity index is 1400. The lowest BCUT2D eigenvalue weighted by Gasteiger charge is -2.31. The second-order valence-corrected chi connectivity index (χ2v) is 9.13. The summed E-state index contributed by atoms with van der Waals surface area (Å²) in [5, 5.41) is 11.0. The maximum Gasteiger partial charge on any atom is 0.343 e. The van der Waals surface area contributed by atoms with Crippen LogP contribution in [-0.2, 0) is 32.1 Å². The molecule has 10 nitrogen and oxygen atoms in total. The number of amides is 1. The van der Waals surface area contributed by atoms with Crippen molar-refractivity contribution in [3.63, 3.8) is 0 Å². The Morgan fingerprint density at radius 2 is 1.95 bits per heavy atom. The fourth-order valence-corrected chi connectivity index (χ4v) is 4.95. The zero-order valence-electron chi connectivity index (χ0n) is 20.2. The van der Waals surface area contributed by atoms with Gasteiger partial charge < -0.3 is 23.7 Å². The third-order valence-electron chi connectivity index (χ3n) is 6.12. The molecule has 0 aromatic heterocycles. The van der Waals surface area contributed by atoms with Gasteiger partial charge in [0.1, 0.15) is 17.5 Å². The van der Waals surface area contributed by atoms with Crippen LogP contribution in [0.25, 0.3) is 10.8 Å². The number of carbonyl (C=O) groups is 2. The first-order valence-corrected chi connectivity index (χ1v) is 12.4. The molecule has 0 saturated carbocycles. The number of methoxy groups -OCH3 is 2. The number of ether oxygens (including phenoxy) is 3. The Morgan fingerprint density at radius 3 is 2.65 bits per heavy atom. The van der Waals surface area contributed by atoms with Crippen molar-refractivity contribution in [2.45, 2.75) is 19.0 Å². The number of nitrogens with zero attached hydrogens (tertiary/aromatic N) is 3. The van der Waals surface area contributed by atoms with Crippen molar-refractivity contribution in [1.82, 2.24) is 4.90 Å². The van der Waals surface area contributed by atoms with Crippen molar-refractivity contribution in [1.29, 1.82) is 5.26 Å². The molecule has 1 amide bonds. The Kier molecular flexibility index (Phi) is 7.91. The van der Waals surface area contributed by atoms with E-state index in [1.807, 2.05) is 18.2 Å². The highest BCUT2D eigenvalue weighted by Crippen LogP contribution is 2.31. The Morgan fingerprint density at radius 1 is 1.16 bits per heavy atom. The van der Waals surface area contributed by atoms with Crippen molar-refractivity contribution < 1.29 is 32.6 Å². The highest BCUT2D eigenvalue weighted by Gasteiger charge is 2.37. The molecule has 1 fully saturated rings. The second kappa shape index (κ2) is 11.3. The third kappa shape index (κ3) is 5.66. The zero-order chi connectivity index (χ0) is 26.5. The van der Waals surface area contributed by atoms with Crippen LogP contribution in [0.15, 0.2) is 54.6 Å². The molecule has 0 radical (unpaired) electrons. The van der Waals surface area contributed by atoms with E-state index in [2.05, 4.69) is 4.74 Å². The molecule has 2 unspecified atom stereocenters. The van der Waals surface area contributed by atoms with E-state index in [1.54, 1.807) is 49.6 Å². The van der Waals surface area contributed by atoms with Gasteiger partial charge in [-0.25, -0.2) is 4.79 Å². The molecule has 0 bridgehead atoms. The van der Waals surface area contributed by atoms with Gasteiger partial charge in [0.25, 0.3) is 0 Å². The van der Waals surface area contributed by atoms with Crippen molar-refractivity contribution in [2.75, 3.05) is 31.7 Å². The molecule has 192 valence electrons. The van der Waals surface area contributed by atoms with E-state index in [1.165, 1.54) is 12.0 Å². The first-order chi connectivity index (χ1) is 17.8. The van der Waals surface area contributed by atoms with Gasteiger partial charge in [0.05, 0.1) is 25.9 Å². The molecule has 1 saturated heterocycles.